The lowest BCUT2D eigenvalue weighted by Gasteiger charge is -2.37. The molecule has 2 aromatic heterocycles. The number of rotatable bonds is 4. The standard InChI is InChI=1S/C19H21N3O3/c23-19(15-4-7-20-8-5-15)22-9-10-24-17-12-14(11-16(17)22)13-25-18-3-1-2-6-21-18/h1-8,14,16-17H,9-13H2/t14-,16+,17-/m1/s1. The average Bonchev–Trinajstić information content (AvgIpc) is 3.10. The van der Waals surface area contributed by atoms with Gasteiger partial charge in [-0.3, -0.25) is 9.78 Å². The summed E-state index contributed by atoms with van der Waals surface area (Å²) in [4.78, 5) is 23.0. The molecule has 0 bridgehead atoms. The lowest BCUT2D eigenvalue weighted by Crippen LogP contribution is -2.51. The van der Waals surface area contributed by atoms with Gasteiger partial charge in [-0.25, -0.2) is 4.98 Å². The molecule has 3 atom stereocenters. The fourth-order valence-electron chi connectivity index (χ4n) is 3.73. The van der Waals surface area contributed by atoms with Gasteiger partial charge in [-0.15, -0.1) is 0 Å². The number of fused-ring (bicyclic) bond motifs is 1. The fourth-order valence-corrected chi connectivity index (χ4v) is 3.73. The van der Waals surface area contributed by atoms with Crippen molar-refractivity contribution in [2.45, 2.75) is 25.0 Å². The number of nitrogens with zero attached hydrogens (tertiary/aromatic N) is 3. The molecule has 0 N–H and O–H groups in total. The molecular formula is C19H21N3O3. The number of hydrogen-bond acceptors (Lipinski definition) is 5. The van der Waals surface area contributed by atoms with Crippen molar-refractivity contribution in [1.29, 1.82) is 0 Å². The van der Waals surface area contributed by atoms with E-state index in [0.717, 1.165) is 12.8 Å². The van der Waals surface area contributed by atoms with Crippen molar-refractivity contribution in [3.8, 4) is 5.88 Å². The van der Waals surface area contributed by atoms with E-state index in [1.807, 2.05) is 23.1 Å². The zero-order valence-electron chi connectivity index (χ0n) is 14.0. The summed E-state index contributed by atoms with van der Waals surface area (Å²) in [6.07, 6.45) is 6.94. The molecule has 1 saturated carbocycles. The Morgan fingerprint density at radius 1 is 1.20 bits per heavy atom. The molecular weight excluding hydrogens is 318 g/mol. The van der Waals surface area contributed by atoms with Gasteiger partial charge in [0.1, 0.15) is 0 Å². The van der Waals surface area contributed by atoms with Crippen LogP contribution in [0.2, 0.25) is 0 Å². The third kappa shape index (κ3) is 3.49. The van der Waals surface area contributed by atoms with E-state index in [4.69, 9.17) is 9.47 Å². The highest BCUT2D eigenvalue weighted by Crippen LogP contribution is 2.35. The first-order valence-electron chi connectivity index (χ1n) is 8.67. The largest absolute Gasteiger partial charge is 0.477 e. The predicted octanol–water partition coefficient (Wildman–Crippen LogP) is 2.18. The Kier molecular flexibility index (Phi) is 4.61. The van der Waals surface area contributed by atoms with Crippen molar-refractivity contribution in [3.63, 3.8) is 0 Å². The van der Waals surface area contributed by atoms with Crippen molar-refractivity contribution in [2.24, 2.45) is 5.92 Å². The van der Waals surface area contributed by atoms with Crippen LogP contribution in [0.4, 0.5) is 0 Å². The second kappa shape index (κ2) is 7.19. The quantitative estimate of drug-likeness (QED) is 0.854. The normalized spacial score (nSPS) is 25.4. The van der Waals surface area contributed by atoms with E-state index in [0.29, 0.717) is 37.1 Å². The Morgan fingerprint density at radius 2 is 2.08 bits per heavy atom. The van der Waals surface area contributed by atoms with Crippen molar-refractivity contribution in [3.05, 3.63) is 54.5 Å². The molecule has 3 heterocycles. The number of pyridine rings is 2. The van der Waals surface area contributed by atoms with Gasteiger partial charge in [-0.2, -0.15) is 0 Å². The number of carbonyl (C=O) groups excluding carboxylic acids is 1. The Hall–Kier alpha value is -2.47. The predicted molar refractivity (Wildman–Crippen MR) is 91.3 cm³/mol. The minimum Gasteiger partial charge on any atom is -0.477 e. The molecule has 2 fully saturated rings. The van der Waals surface area contributed by atoms with Crippen LogP contribution in [0.3, 0.4) is 0 Å². The van der Waals surface area contributed by atoms with Crippen molar-refractivity contribution in [2.75, 3.05) is 19.8 Å². The molecule has 2 aliphatic rings. The van der Waals surface area contributed by atoms with Crippen molar-refractivity contribution >= 4 is 5.91 Å². The molecule has 25 heavy (non-hydrogen) atoms. The Bertz CT molecular complexity index is 710. The topological polar surface area (TPSA) is 64.6 Å². The number of hydrogen-bond donors (Lipinski definition) is 0. The lowest BCUT2D eigenvalue weighted by atomic mass is 10.1. The third-order valence-corrected chi connectivity index (χ3v) is 4.93. The van der Waals surface area contributed by atoms with Crippen LogP contribution in [-0.2, 0) is 4.74 Å². The number of ether oxygens (including phenoxy) is 2. The Balaban J connectivity index is 1.41. The van der Waals surface area contributed by atoms with Gasteiger partial charge in [-0.1, -0.05) is 6.07 Å². The van der Waals surface area contributed by atoms with Crippen LogP contribution in [0.15, 0.2) is 48.9 Å². The number of amides is 1. The lowest BCUT2D eigenvalue weighted by molar-refractivity contribution is -0.0448. The molecule has 2 aromatic rings. The number of carbonyl (C=O) groups is 1. The van der Waals surface area contributed by atoms with E-state index < -0.39 is 0 Å². The van der Waals surface area contributed by atoms with Gasteiger partial charge in [-0.05, 0) is 37.0 Å². The van der Waals surface area contributed by atoms with E-state index >= 15 is 0 Å². The molecule has 4 rings (SSSR count). The van der Waals surface area contributed by atoms with Gasteiger partial charge in [0.25, 0.3) is 5.91 Å². The summed E-state index contributed by atoms with van der Waals surface area (Å²) < 4.78 is 11.7. The second-order valence-electron chi connectivity index (χ2n) is 6.53. The highest BCUT2D eigenvalue weighted by molar-refractivity contribution is 5.94. The summed E-state index contributed by atoms with van der Waals surface area (Å²) in [7, 11) is 0. The van der Waals surface area contributed by atoms with E-state index in [1.165, 1.54) is 0 Å². The van der Waals surface area contributed by atoms with Crippen LogP contribution in [-0.4, -0.2) is 52.7 Å². The minimum atomic E-state index is 0.0620. The molecule has 1 saturated heterocycles. The zero-order valence-corrected chi connectivity index (χ0v) is 14.0. The second-order valence-corrected chi connectivity index (χ2v) is 6.53. The molecule has 130 valence electrons. The molecule has 1 aliphatic carbocycles. The van der Waals surface area contributed by atoms with Gasteiger partial charge < -0.3 is 14.4 Å². The maximum atomic E-state index is 12.8. The van der Waals surface area contributed by atoms with Crippen molar-refractivity contribution in [1.82, 2.24) is 14.9 Å². The van der Waals surface area contributed by atoms with Crippen molar-refractivity contribution < 1.29 is 14.3 Å². The maximum absolute atomic E-state index is 12.8. The first kappa shape index (κ1) is 16.0. The van der Waals surface area contributed by atoms with Crippen LogP contribution in [0.25, 0.3) is 0 Å². The first-order valence-corrected chi connectivity index (χ1v) is 8.67. The highest BCUT2D eigenvalue weighted by Gasteiger charge is 2.43. The first-order chi connectivity index (χ1) is 12.3. The van der Waals surface area contributed by atoms with Gasteiger partial charge >= 0.3 is 0 Å². The summed E-state index contributed by atoms with van der Waals surface area (Å²) in [5.41, 5.74) is 0.684. The average molecular weight is 339 g/mol. The van der Waals surface area contributed by atoms with E-state index in [2.05, 4.69) is 9.97 Å². The summed E-state index contributed by atoms with van der Waals surface area (Å²) >= 11 is 0. The molecule has 0 spiro atoms. The molecule has 1 amide bonds. The summed E-state index contributed by atoms with van der Waals surface area (Å²) in [5, 5.41) is 0. The third-order valence-electron chi connectivity index (χ3n) is 4.93. The number of aromatic nitrogens is 2. The molecule has 6 heteroatoms. The minimum absolute atomic E-state index is 0.0620. The molecule has 1 aliphatic heterocycles. The van der Waals surface area contributed by atoms with E-state index in [9.17, 15) is 4.79 Å². The van der Waals surface area contributed by atoms with Crippen LogP contribution < -0.4 is 4.74 Å². The van der Waals surface area contributed by atoms with Gasteiger partial charge in [0, 0.05) is 36.8 Å². The SMILES string of the molecule is O=C(c1ccncc1)N1CCO[C@@H]2C[C@H](COc3ccccn3)C[C@@H]21. The molecule has 6 nitrogen and oxygen atoms in total. The van der Waals surface area contributed by atoms with Crippen LogP contribution in [0.1, 0.15) is 23.2 Å². The highest BCUT2D eigenvalue weighted by atomic mass is 16.5. The van der Waals surface area contributed by atoms with Crippen LogP contribution in [0, 0.1) is 5.92 Å². The van der Waals surface area contributed by atoms with Crippen LogP contribution >= 0.6 is 0 Å². The summed E-state index contributed by atoms with van der Waals surface area (Å²) in [6.45, 7) is 1.83. The summed E-state index contributed by atoms with van der Waals surface area (Å²) in [6, 6.07) is 9.29. The smallest absolute Gasteiger partial charge is 0.254 e. The fraction of sp³-hybridized carbons (Fsp3) is 0.421. The Morgan fingerprint density at radius 3 is 2.88 bits per heavy atom. The molecule has 0 aromatic carbocycles. The monoisotopic (exact) mass is 339 g/mol. The van der Waals surface area contributed by atoms with E-state index in [-0.39, 0.29) is 18.1 Å². The summed E-state index contributed by atoms with van der Waals surface area (Å²) in [5.74, 6) is 1.07. The molecule has 0 unspecified atom stereocenters. The van der Waals surface area contributed by atoms with Gasteiger partial charge in [0.15, 0.2) is 0 Å². The Labute approximate surface area is 146 Å². The van der Waals surface area contributed by atoms with Crippen LogP contribution in [0.5, 0.6) is 5.88 Å². The number of morpholine rings is 1. The molecule has 0 radical (unpaired) electrons. The van der Waals surface area contributed by atoms with Gasteiger partial charge in [0.05, 0.1) is 25.4 Å². The maximum Gasteiger partial charge on any atom is 0.254 e. The van der Waals surface area contributed by atoms with Gasteiger partial charge in [0.2, 0.25) is 5.88 Å². The zero-order chi connectivity index (χ0) is 17.1. The van der Waals surface area contributed by atoms with E-state index in [1.54, 1.807) is 30.7 Å².